The van der Waals surface area contributed by atoms with Crippen LogP contribution in [0.25, 0.3) is 0 Å². The standard InChI is InChI=1S/C11H15NOS/c1-8-3-2-4-9(5-8)14-11-7-12-6-10(11)13/h2-5,10-13H,6-7H2,1H3/t10-,11-/m1/s1. The van der Waals surface area contributed by atoms with Crippen molar-refractivity contribution in [3.63, 3.8) is 0 Å². The summed E-state index contributed by atoms with van der Waals surface area (Å²) in [6, 6.07) is 8.41. The van der Waals surface area contributed by atoms with Gasteiger partial charge < -0.3 is 10.4 Å². The average molecular weight is 209 g/mol. The number of nitrogens with one attached hydrogen (secondary N) is 1. The minimum atomic E-state index is -0.208. The summed E-state index contributed by atoms with van der Waals surface area (Å²) in [6.07, 6.45) is -0.208. The highest BCUT2D eigenvalue weighted by Gasteiger charge is 2.25. The van der Waals surface area contributed by atoms with Crippen LogP contribution < -0.4 is 5.32 Å². The summed E-state index contributed by atoms with van der Waals surface area (Å²) in [7, 11) is 0. The maximum Gasteiger partial charge on any atom is 0.0798 e. The summed E-state index contributed by atoms with van der Waals surface area (Å²) in [5.74, 6) is 0. The van der Waals surface area contributed by atoms with Gasteiger partial charge in [0.2, 0.25) is 0 Å². The van der Waals surface area contributed by atoms with Crippen molar-refractivity contribution >= 4 is 11.8 Å². The third-order valence-corrected chi connectivity index (χ3v) is 3.71. The van der Waals surface area contributed by atoms with Gasteiger partial charge in [0, 0.05) is 23.2 Å². The van der Waals surface area contributed by atoms with Gasteiger partial charge in [-0.1, -0.05) is 17.7 Å². The molecule has 3 heteroatoms. The maximum absolute atomic E-state index is 9.64. The third-order valence-electron chi connectivity index (χ3n) is 2.41. The molecule has 0 unspecified atom stereocenters. The summed E-state index contributed by atoms with van der Waals surface area (Å²) in [4.78, 5) is 1.25. The molecule has 0 spiro atoms. The monoisotopic (exact) mass is 209 g/mol. The van der Waals surface area contributed by atoms with E-state index < -0.39 is 0 Å². The molecule has 1 fully saturated rings. The first-order valence-corrected chi connectivity index (χ1v) is 5.76. The number of hydrogen-bond donors (Lipinski definition) is 2. The molecule has 1 aromatic rings. The Morgan fingerprint density at radius 1 is 1.43 bits per heavy atom. The Bertz CT molecular complexity index is 316. The summed E-state index contributed by atoms with van der Waals surface area (Å²) >= 11 is 1.76. The van der Waals surface area contributed by atoms with Crippen LogP contribution in [0.4, 0.5) is 0 Å². The van der Waals surface area contributed by atoms with E-state index in [1.807, 2.05) is 0 Å². The number of aliphatic hydroxyl groups excluding tert-OH is 1. The summed E-state index contributed by atoms with van der Waals surface area (Å²) < 4.78 is 0. The molecule has 1 aliphatic heterocycles. The molecule has 0 aromatic heterocycles. The molecular formula is C11H15NOS. The molecule has 1 aliphatic rings. The van der Waals surface area contributed by atoms with Crippen LogP contribution in [0, 0.1) is 6.92 Å². The second kappa shape index (κ2) is 4.34. The van der Waals surface area contributed by atoms with Crippen molar-refractivity contribution in [2.75, 3.05) is 13.1 Å². The maximum atomic E-state index is 9.64. The zero-order valence-electron chi connectivity index (χ0n) is 8.23. The molecule has 76 valence electrons. The first-order valence-electron chi connectivity index (χ1n) is 4.88. The lowest BCUT2D eigenvalue weighted by Crippen LogP contribution is -2.19. The Balaban J connectivity index is 2.03. The van der Waals surface area contributed by atoms with Crippen LogP contribution >= 0.6 is 11.8 Å². The highest BCUT2D eigenvalue weighted by Crippen LogP contribution is 2.27. The molecule has 1 saturated heterocycles. The number of aryl methyl sites for hydroxylation is 1. The molecule has 0 radical (unpaired) electrons. The molecule has 0 aliphatic carbocycles. The largest absolute Gasteiger partial charge is 0.391 e. The van der Waals surface area contributed by atoms with Gasteiger partial charge in [0.05, 0.1) is 6.10 Å². The molecule has 14 heavy (non-hydrogen) atoms. The van der Waals surface area contributed by atoms with Gasteiger partial charge in [-0.05, 0) is 19.1 Å². The van der Waals surface area contributed by atoms with Gasteiger partial charge in [-0.15, -0.1) is 11.8 Å². The van der Waals surface area contributed by atoms with Crippen molar-refractivity contribution in [2.45, 2.75) is 23.2 Å². The Morgan fingerprint density at radius 3 is 2.93 bits per heavy atom. The lowest BCUT2D eigenvalue weighted by molar-refractivity contribution is 0.201. The van der Waals surface area contributed by atoms with Crippen LogP contribution in [-0.2, 0) is 0 Å². The van der Waals surface area contributed by atoms with E-state index in [0.717, 1.165) is 13.1 Å². The highest BCUT2D eigenvalue weighted by atomic mass is 32.2. The van der Waals surface area contributed by atoms with Crippen molar-refractivity contribution in [1.82, 2.24) is 5.32 Å². The molecule has 2 atom stereocenters. The SMILES string of the molecule is Cc1cccc(S[C@@H]2CNC[C@H]2O)c1. The molecule has 1 heterocycles. The van der Waals surface area contributed by atoms with Crippen LogP contribution in [0.5, 0.6) is 0 Å². The van der Waals surface area contributed by atoms with Gasteiger partial charge >= 0.3 is 0 Å². The van der Waals surface area contributed by atoms with Gasteiger partial charge in [-0.25, -0.2) is 0 Å². The van der Waals surface area contributed by atoms with Crippen LogP contribution in [0.2, 0.25) is 0 Å². The Kier molecular flexibility index (Phi) is 3.11. The molecular weight excluding hydrogens is 194 g/mol. The van der Waals surface area contributed by atoms with Gasteiger partial charge in [-0.3, -0.25) is 0 Å². The lowest BCUT2D eigenvalue weighted by Gasteiger charge is -2.12. The fourth-order valence-corrected chi connectivity index (χ4v) is 2.84. The summed E-state index contributed by atoms with van der Waals surface area (Å²) in [6.45, 7) is 3.72. The van der Waals surface area contributed by atoms with Crippen molar-refractivity contribution in [3.8, 4) is 0 Å². The van der Waals surface area contributed by atoms with E-state index in [1.165, 1.54) is 10.5 Å². The normalized spacial score (nSPS) is 26.7. The zero-order chi connectivity index (χ0) is 9.97. The van der Waals surface area contributed by atoms with Gasteiger partial charge in [0.15, 0.2) is 0 Å². The quantitative estimate of drug-likeness (QED) is 0.772. The van der Waals surface area contributed by atoms with Crippen molar-refractivity contribution in [2.24, 2.45) is 0 Å². The number of β-amino-alcohol motifs (C(OH)–C–C–N with tert-alkyl or cyclic N) is 1. The predicted molar refractivity (Wildman–Crippen MR) is 59.7 cm³/mol. The fourth-order valence-electron chi connectivity index (χ4n) is 1.62. The van der Waals surface area contributed by atoms with E-state index in [4.69, 9.17) is 0 Å². The van der Waals surface area contributed by atoms with E-state index >= 15 is 0 Å². The van der Waals surface area contributed by atoms with Crippen LogP contribution in [0.3, 0.4) is 0 Å². The predicted octanol–water partition coefficient (Wildman–Crippen LogP) is 1.42. The van der Waals surface area contributed by atoms with Gasteiger partial charge in [-0.2, -0.15) is 0 Å². The zero-order valence-corrected chi connectivity index (χ0v) is 9.05. The number of rotatable bonds is 2. The molecule has 2 nitrogen and oxygen atoms in total. The van der Waals surface area contributed by atoms with Crippen molar-refractivity contribution in [1.29, 1.82) is 0 Å². The first-order chi connectivity index (χ1) is 6.75. The van der Waals surface area contributed by atoms with Crippen molar-refractivity contribution in [3.05, 3.63) is 29.8 Å². The van der Waals surface area contributed by atoms with Crippen LogP contribution in [-0.4, -0.2) is 29.5 Å². The van der Waals surface area contributed by atoms with Crippen molar-refractivity contribution < 1.29 is 5.11 Å². The van der Waals surface area contributed by atoms with E-state index in [0.29, 0.717) is 5.25 Å². The van der Waals surface area contributed by atoms with E-state index in [-0.39, 0.29) is 6.10 Å². The molecule has 1 aromatic carbocycles. The topological polar surface area (TPSA) is 32.3 Å². The molecule has 0 bridgehead atoms. The number of benzene rings is 1. The molecule has 2 rings (SSSR count). The Hall–Kier alpha value is -0.510. The number of hydrogen-bond acceptors (Lipinski definition) is 3. The molecule has 0 amide bonds. The molecule has 0 saturated carbocycles. The smallest absolute Gasteiger partial charge is 0.0798 e. The van der Waals surface area contributed by atoms with Crippen LogP contribution in [0.1, 0.15) is 5.56 Å². The Labute approximate surface area is 88.7 Å². The number of aliphatic hydroxyl groups is 1. The van der Waals surface area contributed by atoms with E-state index in [2.05, 4.69) is 36.5 Å². The highest BCUT2D eigenvalue weighted by molar-refractivity contribution is 8.00. The van der Waals surface area contributed by atoms with Gasteiger partial charge in [0.25, 0.3) is 0 Å². The minimum absolute atomic E-state index is 0.208. The summed E-state index contributed by atoms with van der Waals surface area (Å²) in [5, 5.41) is 13.1. The Morgan fingerprint density at radius 2 is 2.29 bits per heavy atom. The summed E-state index contributed by atoms with van der Waals surface area (Å²) in [5.41, 5.74) is 1.27. The second-order valence-electron chi connectivity index (χ2n) is 3.70. The van der Waals surface area contributed by atoms with Crippen LogP contribution in [0.15, 0.2) is 29.2 Å². The van der Waals surface area contributed by atoms with E-state index in [1.54, 1.807) is 11.8 Å². The van der Waals surface area contributed by atoms with E-state index in [9.17, 15) is 5.11 Å². The fraction of sp³-hybridized carbons (Fsp3) is 0.455. The average Bonchev–Trinajstić information content (AvgIpc) is 2.52. The molecule has 2 N–H and O–H groups in total. The first kappa shape index (κ1) is 10.0. The third kappa shape index (κ3) is 2.29. The second-order valence-corrected chi connectivity index (χ2v) is 5.01. The van der Waals surface area contributed by atoms with Gasteiger partial charge in [0.1, 0.15) is 0 Å². The lowest BCUT2D eigenvalue weighted by atomic mass is 10.2. The number of thioether (sulfide) groups is 1. The minimum Gasteiger partial charge on any atom is -0.391 e.